The van der Waals surface area contributed by atoms with Gasteiger partial charge in [-0.05, 0) is 74.1 Å². The fourth-order valence-electron chi connectivity index (χ4n) is 3.39. The van der Waals surface area contributed by atoms with Crippen molar-refractivity contribution in [3.8, 4) is 11.5 Å². The normalized spacial score (nSPS) is 11.3. The average Bonchev–Trinajstić information content (AvgIpc) is 2.86. The maximum Gasteiger partial charge on any atom is 0.331 e. The molecule has 0 saturated carbocycles. The van der Waals surface area contributed by atoms with Gasteiger partial charge in [-0.1, -0.05) is 40.2 Å². The van der Waals surface area contributed by atoms with Gasteiger partial charge >= 0.3 is 17.9 Å². The minimum absolute atomic E-state index is 0.00501. The molecule has 0 aliphatic rings. The lowest BCUT2D eigenvalue weighted by molar-refractivity contribution is -0.146. The van der Waals surface area contributed by atoms with Crippen LogP contribution in [0.2, 0.25) is 0 Å². The molecule has 0 aliphatic carbocycles. The van der Waals surface area contributed by atoms with E-state index in [0.29, 0.717) is 29.5 Å². The lowest BCUT2D eigenvalue weighted by Crippen LogP contribution is -2.29. The van der Waals surface area contributed by atoms with Gasteiger partial charge in [0.1, 0.15) is 6.61 Å². The summed E-state index contributed by atoms with van der Waals surface area (Å²) in [5.41, 5.74) is 2.66. The molecule has 0 N–H and O–H groups in total. The van der Waals surface area contributed by atoms with Crippen molar-refractivity contribution in [1.29, 1.82) is 0 Å². The molecule has 0 spiro atoms. The second kappa shape index (κ2) is 13.8. The van der Waals surface area contributed by atoms with Crippen LogP contribution in [0.4, 0.5) is 0 Å². The number of methoxy groups -OCH3 is 2. The molecule has 2 rings (SSSR count). The third-order valence-electron chi connectivity index (χ3n) is 5.75. The average molecular weight is 561 g/mol. The number of hydrogen-bond donors (Lipinski definition) is 0. The van der Waals surface area contributed by atoms with Crippen LogP contribution >= 0.6 is 15.9 Å². The number of halogens is 1. The van der Waals surface area contributed by atoms with Crippen LogP contribution in [0.3, 0.4) is 0 Å². The van der Waals surface area contributed by atoms with E-state index in [1.54, 1.807) is 32.1 Å². The third-order valence-corrected chi connectivity index (χ3v) is 6.36. The lowest BCUT2D eigenvalue weighted by atomic mass is 9.87. The molecule has 0 aliphatic heterocycles. The summed E-state index contributed by atoms with van der Waals surface area (Å²) < 4.78 is 21.2. The molecule has 0 bridgehead atoms. The minimum atomic E-state index is -0.833. The zero-order chi connectivity index (χ0) is 26.7. The first kappa shape index (κ1) is 29.1. The molecule has 0 saturated heterocycles. The molecule has 0 unspecified atom stereocenters. The maximum atomic E-state index is 12.9. The Balaban J connectivity index is 2.13. The zero-order valence-electron chi connectivity index (χ0n) is 21.4. The number of rotatable bonds is 12. The van der Waals surface area contributed by atoms with E-state index in [1.165, 1.54) is 20.3 Å². The van der Waals surface area contributed by atoms with Crippen LogP contribution in [0.1, 0.15) is 55.4 Å². The van der Waals surface area contributed by atoms with Crippen LogP contribution in [-0.2, 0) is 35.8 Å². The second-order valence-electron chi connectivity index (χ2n) is 8.91. The number of carbonyl (C=O) groups excluding carboxylic acids is 3. The highest BCUT2D eigenvalue weighted by atomic mass is 79.9. The van der Waals surface area contributed by atoms with Gasteiger partial charge in [0.15, 0.2) is 11.5 Å². The van der Waals surface area contributed by atoms with E-state index < -0.39 is 17.4 Å². The van der Waals surface area contributed by atoms with Gasteiger partial charge in [0.2, 0.25) is 0 Å². The number of benzene rings is 2. The number of carbonyl (C=O) groups is 3. The van der Waals surface area contributed by atoms with E-state index in [-0.39, 0.29) is 24.7 Å². The SMILES string of the molecule is COC(=O)CCCC(C)(C)C(=O)Oc1cc(COC(=O)/C=C/c2ccccc2C)c(CBr)cc1OC. The standard InChI is InChI=1S/C28H33BrO7/c1-19-9-6-7-10-20(19)12-13-26(31)35-18-22-16-24(23(33-4)15-21(22)17-29)36-27(32)28(2,3)14-8-11-25(30)34-5/h6-7,9-10,12-13,15-16H,8,11,14,17-18H2,1-5H3/b13-12+. The van der Waals surface area contributed by atoms with Crippen molar-refractivity contribution in [2.45, 2.75) is 52.0 Å². The van der Waals surface area contributed by atoms with E-state index in [9.17, 15) is 14.4 Å². The Morgan fingerprint density at radius 2 is 1.72 bits per heavy atom. The van der Waals surface area contributed by atoms with E-state index in [0.717, 1.165) is 16.7 Å². The molecular formula is C28H33BrO7. The molecule has 0 atom stereocenters. The Morgan fingerprint density at radius 1 is 1.03 bits per heavy atom. The Kier molecular flexibility index (Phi) is 11.2. The van der Waals surface area contributed by atoms with Crippen molar-refractivity contribution < 1.29 is 33.3 Å². The Labute approximate surface area is 220 Å². The van der Waals surface area contributed by atoms with E-state index >= 15 is 0 Å². The van der Waals surface area contributed by atoms with Crippen LogP contribution in [0.15, 0.2) is 42.5 Å². The van der Waals surface area contributed by atoms with Gasteiger partial charge in [0.25, 0.3) is 0 Å². The lowest BCUT2D eigenvalue weighted by Gasteiger charge is -2.23. The van der Waals surface area contributed by atoms with Gasteiger partial charge < -0.3 is 18.9 Å². The summed E-state index contributed by atoms with van der Waals surface area (Å²) in [5, 5.41) is 0.489. The predicted molar refractivity (Wildman–Crippen MR) is 141 cm³/mol. The van der Waals surface area contributed by atoms with Gasteiger partial charge in [-0.3, -0.25) is 9.59 Å². The molecule has 2 aromatic carbocycles. The van der Waals surface area contributed by atoms with Crippen LogP contribution in [0.5, 0.6) is 11.5 Å². The van der Waals surface area contributed by atoms with E-state index in [2.05, 4.69) is 20.7 Å². The van der Waals surface area contributed by atoms with Gasteiger partial charge in [-0.25, -0.2) is 4.79 Å². The number of ether oxygens (including phenoxy) is 4. The Morgan fingerprint density at radius 3 is 2.36 bits per heavy atom. The van der Waals surface area contributed by atoms with Crippen LogP contribution < -0.4 is 9.47 Å². The van der Waals surface area contributed by atoms with Gasteiger partial charge in [-0.2, -0.15) is 0 Å². The molecule has 0 amide bonds. The highest BCUT2D eigenvalue weighted by molar-refractivity contribution is 9.08. The summed E-state index contributed by atoms with van der Waals surface area (Å²) in [4.78, 5) is 36.6. The van der Waals surface area contributed by atoms with E-state index in [1.807, 2.05) is 31.2 Å². The molecule has 36 heavy (non-hydrogen) atoms. The van der Waals surface area contributed by atoms with Crippen molar-refractivity contribution in [3.05, 3.63) is 64.7 Å². The van der Waals surface area contributed by atoms with Crippen LogP contribution in [0, 0.1) is 12.3 Å². The van der Waals surface area contributed by atoms with Crippen molar-refractivity contribution in [2.75, 3.05) is 14.2 Å². The summed E-state index contributed by atoms with van der Waals surface area (Å²) >= 11 is 3.45. The second-order valence-corrected chi connectivity index (χ2v) is 9.47. The smallest absolute Gasteiger partial charge is 0.331 e. The topological polar surface area (TPSA) is 88.1 Å². The van der Waals surface area contributed by atoms with Crippen LogP contribution in [-0.4, -0.2) is 32.1 Å². The predicted octanol–water partition coefficient (Wildman–Crippen LogP) is 5.93. The van der Waals surface area contributed by atoms with Crippen LogP contribution in [0.25, 0.3) is 6.08 Å². The van der Waals surface area contributed by atoms with Crippen molar-refractivity contribution in [3.63, 3.8) is 0 Å². The monoisotopic (exact) mass is 560 g/mol. The molecule has 0 heterocycles. The summed E-state index contributed by atoms with van der Waals surface area (Å²) in [6.45, 7) is 5.48. The first-order chi connectivity index (χ1) is 17.1. The highest BCUT2D eigenvalue weighted by Crippen LogP contribution is 2.35. The molecule has 0 fully saturated rings. The highest BCUT2D eigenvalue weighted by Gasteiger charge is 2.31. The first-order valence-corrected chi connectivity index (χ1v) is 12.7. The van der Waals surface area contributed by atoms with Crippen molar-refractivity contribution in [2.24, 2.45) is 5.41 Å². The fourth-order valence-corrected chi connectivity index (χ4v) is 3.91. The molecule has 0 aromatic heterocycles. The summed E-state index contributed by atoms with van der Waals surface area (Å²) in [6.07, 6.45) is 4.26. The largest absolute Gasteiger partial charge is 0.493 e. The third kappa shape index (κ3) is 8.52. The van der Waals surface area contributed by atoms with E-state index in [4.69, 9.17) is 14.2 Å². The number of hydrogen-bond acceptors (Lipinski definition) is 7. The van der Waals surface area contributed by atoms with Gasteiger partial charge in [0, 0.05) is 17.8 Å². The van der Waals surface area contributed by atoms with Gasteiger partial charge in [0.05, 0.1) is 19.6 Å². The molecule has 194 valence electrons. The minimum Gasteiger partial charge on any atom is -0.493 e. The molecule has 8 heteroatoms. The Bertz CT molecular complexity index is 1110. The number of alkyl halides is 1. The summed E-state index contributed by atoms with van der Waals surface area (Å²) in [7, 11) is 2.82. The summed E-state index contributed by atoms with van der Waals surface area (Å²) in [5.74, 6) is -0.646. The maximum absolute atomic E-state index is 12.9. The zero-order valence-corrected chi connectivity index (χ0v) is 23.0. The molecule has 7 nitrogen and oxygen atoms in total. The molecular weight excluding hydrogens is 528 g/mol. The molecule has 0 radical (unpaired) electrons. The summed E-state index contributed by atoms with van der Waals surface area (Å²) in [6, 6.07) is 11.1. The fraction of sp³-hybridized carbons (Fsp3) is 0.393. The van der Waals surface area contributed by atoms with Crippen molar-refractivity contribution >= 4 is 39.9 Å². The van der Waals surface area contributed by atoms with Gasteiger partial charge in [-0.15, -0.1) is 0 Å². The van der Waals surface area contributed by atoms with Crippen molar-refractivity contribution in [1.82, 2.24) is 0 Å². The number of aryl methyl sites for hydroxylation is 1. The Hall–Kier alpha value is -3.13. The quantitative estimate of drug-likeness (QED) is 0.137. The molecule has 2 aromatic rings. The first-order valence-electron chi connectivity index (χ1n) is 11.6. The number of esters is 3.